The number of carbonyl (C=O) groups excluding carboxylic acids is 2. The van der Waals surface area contributed by atoms with Crippen LogP contribution in [0.1, 0.15) is 23.1 Å². The first-order valence-electron chi connectivity index (χ1n) is 9.45. The van der Waals surface area contributed by atoms with Crippen molar-refractivity contribution in [3.8, 4) is 17.2 Å². The molecule has 0 unspecified atom stereocenters. The lowest BCUT2D eigenvalue weighted by molar-refractivity contribution is -0.136. The predicted molar refractivity (Wildman–Crippen MR) is 108 cm³/mol. The fraction of sp³-hybridized carbons (Fsp3) is 0.364. The van der Waals surface area contributed by atoms with Gasteiger partial charge in [0.05, 0.1) is 21.3 Å². The van der Waals surface area contributed by atoms with Gasteiger partial charge in [-0.3, -0.25) is 9.59 Å². The van der Waals surface area contributed by atoms with Gasteiger partial charge in [-0.1, -0.05) is 12.1 Å². The number of carbonyl (C=O) groups is 2. The van der Waals surface area contributed by atoms with Crippen molar-refractivity contribution in [2.75, 3.05) is 27.9 Å². The Balaban J connectivity index is 1.55. The molecule has 2 amide bonds. The number of nitrogens with one attached hydrogen (secondary N) is 1. The molecule has 7 nitrogen and oxygen atoms in total. The Morgan fingerprint density at radius 3 is 2.24 bits per heavy atom. The summed E-state index contributed by atoms with van der Waals surface area (Å²) in [4.78, 5) is 26.5. The number of ether oxygens (including phenoxy) is 3. The van der Waals surface area contributed by atoms with E-state index < -0.39 is 0 Å². The minimum Gasteiger partial charge on any atom is -0.497 e. The quantitative estimate of drug-likeness (QED) is 0.725. The molecule has 0 bridgehead atoms. The SMILES string of the molecule is COc1ccc(CNC(=O)CC(=O)N2CCc3cc(OC)c(OC)cc3C2)cc1. The van der Waals surface area contributed by atoms with Gasteiger partial charge in [0.1, 0.15) is 12.2 Å². The molecule has 1 heterocycles. The number of methoxy groups -OCH3 is 3. The fourth-order valence-corrected chi connectivity index (χ4v) is 3.35. The van der Waals surface area contributed by atoms with Gasteiger partial charge in [0.25, 0.3) is 0 Å². The Morgan fingerprint density at radius 1 is 0.966 bits per heavy atom. The molecule has 0 radical (unpaired) electrons. The Bertz CT molecular complexity index is 880. The highest BCUT2D eigenvalue weighted by molar-refractivity contribution is 5.96. The van der Waals surface area contributed by atoms with Gasteiger partial charge in [0, 0.05) is 19.6 Å². The molecule has 0 aromatic heterocycles. The van der Waals surface area contributed by atoms with E-state index in [0.717, 1.165) is 28.9 Å². The van der Waals surface area contributed by atoms with Crippen LogP contribution in [0, 0.1) is 0 Å². The Kier molecular flexibility index (Phi) is 6.59. The summed E-state index contributed by atoms with van der Waals surface area (Å²) in [6, 6.07) is 11.3. The molecule has 1 aliphatic rings. The molecule has 0 atom stereocenters. The van der Waals surface area contributed by atoms with Crippen LogP contribution in [-0.2, 0) is 29.1 Å². The second kappa shape index (κ2) is 9.32. The largest absolute Gasteiger partial charge is 0.497 e. The maximum Gasteiger partial charge on any atom is 0.232 e. The third-order valence-corrected chi connectivity index (χ3v) is 5.03. The molecule has 154 valence electrons. The maximum absolute atomic E-state index is 12.6. The molecule has 7 heteroatoms. The van der Waals surface area contributed by atoms with Gasteiger partial charge in [0.2, 0.25) is 11.8 Å². The first-order chi connectivity index (χ1) is 14.0. The molecule has 0 saturated heterocycles. The lowest BCUT2D eigenvalue weighted by Gasteiger charge is -2.29. The number of hydrogen-bond donors (Lipinski definition) is 1. The standard InChI is InChI=1S/C22H26N2O5/c1-27-18-6-4-15(5-7-18)13-23-21(25)12-22(26)24-9-8-16-10-19(28-2)20(29-3)11-17(16)14-24/h4-7,10-11H,8-9,12-14H2,1-3H3,(H,23,25). The van der Waals surface area contributed by atoms with E-state index in [1.54, 1.807) is 26.2 Å². The highest BCUT2D eigenvalue weighted by Crippen LogP contribution is 2.33. The molecule has 0 fully saturated rings. The average molecular weight is 398 g/mol. The zero-order chi connectivity index (χ0) is 20.8. The van der Waals surface area contributed by atoms with Crippen molar-refractivity contribution in [1.29, 1.82) is 0 Å². The van der Waals surface area contributed by atoms with Crippen LogP contribution in [0.4, 0.5) is 0 Å². The fourth-order valence-electron chi connectivity index (χ4n) is 3.35. The normalized spacial score (nSPS) is 12.7. The van der Waals surface area contributed by atoms with E-state index in [1.807, 2.05) is 36.4 Å². The zero-order valence-electron chi connectivity index (χ0n) is 17.0. The summed E-state index contributed by atoms with van der Waals surface area (Å²) in [6.07, 6.45) is 0.549. The Hall–Kier alpha value is -3.22. The number of amides is 2. The first kappa shape index (κ1) is 20.5. The van der Waals surface area contributed by atoms with Gasteiger partial charge in [-0.15, -0.1) is 0 Å². The lowest BCUT2D eigenvalue weighted by atomic mass is 9.98. The van der Waals surface area contributed by atoms with Crippen molar-refractivity contribution in [1.82, 2.24) is 10.2 Å². The number of hydrogen-bond acceptors (Lipinski definition) is 5. The highest BCUT2D eigenvalue weighted by atomic mass is 16.5. The molecule has 0 saturated carbocycles. The number of nitrogens with zero attached hydrogens (tertiary/aromatic N) is 1. The summed E-state index contributed by atoms with van der Waals surface area (Å²) in [5, 5.41) is 2.80. The van der Waals surface area contributed by atoms with Crippen molar-refractivity contribution < 1.29 is 23.8 Å². The second-order valence-electron chi connectivity index (χ2n) is 6.84. The summed E-state index contributed by atoms with van der Waals surface area (Å²) in [6.45, 7) is 1.41. The monoisotopic (exact) mass is 398 g/mol. The second-order valence-corrected chi connectivity index (χ2v) is 6.84. The topological polar surface area (TPSA) is 77.1 Å². The summed E-state index contributed by atoms with van der Waals surface area (Å²) >= 11 is 0. The molecule has 0 spiro atoms. The van der Waals surface area contributed by atoms with Crippen LogP contribution in [0.2, 0.25) is 0 Å². The number of rotatable bonds is 7. The van der Waals surface area contributed by atoms with Gasteiger partial charge in [-0.05, 0) is 47.4 Å². The van der Waals surface area contributed by atoms with E-state index in [2.05, 4.69) is 5.32 Å². The molecule has 29 heavy (non-hydrogen) atoms. The van der Waals surface area contributed by atoms with Crippen molar-refractivity contribution in [3.63, 3.8) is 0 Å². The minimum absolute atomic E-state index is 0.168. The van der Waals surface area contributed by atoms with Crippen molar-refractivity contribution >= 4 is 11.8 Å². The predicted octanol–water partition coefficient (Wildman–Crippen LogP) is 2.30. The van der Waals surface area contributed by atoms with Gasteiger partial charge >= 0.3 is 0 Å². The maximum atomic E-state index is 12.6. The van der Waals surface area contributed by atoms with E-state index in [4.69, 9.17) is 14.2 Å². The van der Waals surface area contributed by atoms with Crippen LogP contribution in [-0.4, -0.2) is 44.6 Å². The molecular weight excluding hydrogens is 372 g/mol. The Labute approximate surface area is 170 Å². The average Bonchev–Trinajstić information content (AvgIpc) is 2.76. The van der Waals surface area contributed by atoms with Crippen molar-refractivity contribution in [2.45, 2.75) is 25.9 Å². The van der Waals surface area contributed by atoms with Crippen LogP contribution in [0.3, 0.4) is 0 Å². The molecule has 3 rings (SSSR count). The van der Waals surface area contributed by atoms with E-state index in [-0.39, 0.29) is 18.2 Å². The van der Waals surface area contributed by atoms with E-state index in [9.17, 15) is 9.59 Å². The van der Waals surface area contributed by atoms with Crippen LogP contribution in [0.25, 0.3) is 0 Å². The molecular formula is C22H26N2O5. The smallest absolute Gasteiger partial charge is 0.232 e. The Morgan fingerprint density at radius 2 is 1.62 bits per heavy atom. The van der Waals surface area contributed by atoms with Crippen LogP contribution < -0.4 is 19.5 Å². The molecule has 0 aliphatic carbocycles. The zero-order valence-corrected chi connectivity index (χ0v) is 17.0. The van der Waals surface area contributed by atoms with E-state index in [0.29, 0.717) is 31.1 Å². The van der Waals surface area contributed by atoms with E-state index >= 15 is 0 Å². The number of fused-ring (bicyclic) bond motifs is 1. The molecule has 1 aliphatic heterocycles. The third kappa shape index (κ3) is 4.99. The highest BCUT2D eigenvalue weighted by Gasteiger charge is 2.24. The summed E-state index contributed by atoms with van der Waals surface area (Å²) in [5.41, 5.74) is 3.09. The summed E-state index contributed by atoms with van der Waals surface area (Å²) < 4.78 is 15.8. The summed E-state index contributed by atoms with van der Waals surface area (Å²) in [7, 11) is 4.80. The van der Waals surface area contributed by atoms with Gasteiger partial charge in [-0.25, -0.2) is 0 Å². The van der Waals surface area contributed by atoms with E-state index in [1.165, 1.54) is 0 Å². The minimum atomic E-state index is -0.288. The molecule has 2 aromatic rings. The van der Waals surface area contributed by atoms with Gasteiger partial charge < -0.3 is 24.4 Å². The van der Waals surface area contributed by atoms with Crippen LogP contribution in [0.5, 0.6) is 17.2 Å². The van der Waals surface area contributed by atoms with Crippen LogP contribution in [0.15, 0.2) is 36.4 Å². The molecule has 2 aromatic carbocycles. The van der Waals surface area contributed by atoms with Crippen LogP contribution >= 0.6 is 0 Å². The lowest BCUT2D eigenvalue weighted by Crippen LogP contribution is -2.38. The van der Waals surface area contributed by atoms with Crippen molar-refractivity contribution in [3.05, 3.63) is 53.1 Å². The third-order valence-electron chi connectivity index (χ3n) is 5.03. The molecule has 1 N–H and O–H groups in total. The number of benzene rings is 2. The summed E-state index contributed by atoms with van der Waals surface area (Å²) in [5.74, 6) is 1.61. The van der Waals surface area contributed by atoms with Crippen molar-refractivity contribution in [2.24, 2.45) is 0 Å². The van der Waals surface area contributed by atoms with Gasteiger partial charge in [-0.2, -0.15) is 0 Å². The van der Waals surface area contributed by atoms with Gasteiger partial charge in [0.15, 0.2) is 11.5 Å². The first-order valence-corrected chi connectivity index (χ1v) is 9.45.